The molecule has 1 aliphatic heterocycles. The van der Waals surface area contributed by atoms with Crippen molar-refractivity contribution < 1.29 is 8.78 Å². The first kappa shape index (κ1) is 9.40. The molecular weight excluding hydrogens is 186 g/mol. The van der Waals surface area contributed by atoms with Crippen molar-refractivity contribution in [1.29, 1.82) is 0 Å². The van der Waals surface area contributed by atoms with Crippen molar-refractivity contribution in [2.75, 3.05) is 25.0 Å². The molecule has 2 nitrogen and oxygen atoms in total. The number of hydrogen-bond acceptors (Lipinski definition) is 2. The van der Waals surface area contributed by atoms with Gasteiger partial charge in [0.15, 0.2) is 0 Å². The van der Waals surface area contributed by atoms with Gasteiger partial charge in [-0.05, 0) is 12.1 Å². The van der Waals surface area contributed by atoms with Crippen LogP contribution in [0.4, 0.5) is 14.5 Å². The number of likely N-dealkylation sites (N-methyl/N-ethyl adjacent to an activating group) is 1. The van der Waals surface area contributed by atoms with Crippen LogP contribution < -0.4 is 10.2 Å². The van der Waals surface area contributed by atoms with Gasteiger partial charge < -0.3 is 10.2 Å². The Morgan fingerprint density at radius 1 is 1.36 bits per heavy atom. The molecule has 0 atom stereocenters. The molecular formula is C10H12F2N2. The van der Waals surface area contributed by atoms with Gasteiger partial charge in [0.1, 0.15) is 11.6 Å². The van der Waals surface area contributed by atoms with Crippen molar-refractivity contribution in [2.24, 2.45) is 0 Å². The Morgan fingerprint density at radius 2 is 2.07 bits per heavy atom. The molecule has 0 amide bonds. The van der Waals surface area contributed by atoms with Gasteiger partial charge in [-0.15, -0.1) is 0 Å². The Morgan fingerprint density at radius 3 is 2.64 bits per heavy atom. The molecule has 0 unspecified atom stereocenters. The van der Waals surface area contributed by atoms with E-state index in [1.165, 1.54) is 6.07 Å². The normalized spacial score (nSPS) is 16.5. The van der Waals surface area contributed by atoms with E-state index >= 15 is 0 Å². The van der Waals surface area contributed by atoms with Crippen molar-refractivity contribution in [3.05, 3.63) is 29.8 Å². The smallest absolute Gasteiger partial charge is 0.146 e. The summed E-state index contributed by atoms with van der Waals surface area (Å²) in [6.45, 7) is 1.65. The van der Waals surface area contributed by atoms with Crippen molar-refractivity contribution >= 4 is 5.69 Å². The van der Waals surface area contributed by atoms with Crippen LogP contribution >= 0.6 is 0 Å². The number of nitrogens with zero attached hydrogens (tertiary/aromatic N) is 1. The maximum atomic E-state index is 13.3. The van der Waals surface area contributed by atoms with E-state index in [-0.39, 0.29) is 11.9 Å². The Kier molecular flexibility index (Phi) is 2.37. The summed E-state index contributed by atoms with van der Waals surface area (Å²) in [5.74, 6) is -0.777. The highest BCUT2D eigenvalue weighted by molar-refractivity contribution is 5.48. The highest BCUT2D eigenvalue weighted by Gasteiger charge is 2.23. The van der Waals surface area contributed by atoms with Crippen molar-refractivity contribution in [3.8, 4) is 0 Å². The summed E-state index contributed by atoms with van der Waals surface area (Å²) in [4.78, 5) is 1.77. The molecule has 1 fully saturated rings. The molecule has 0 radical (unpaired) electrons. The zero-order valence-electron chi connectivity index (χ0n) is 7.93. The molecule has 1 aliphatic rings. The predicted molar refractivity (Wildman–Crippen MR) is 51.4 cm³/mol. The lowest BCUT2D eigenvalue weighted by molar-refractivity contribution is 0.424. The van der Waals surface area contributed by atoms with Crippen LogP contribution in [-0.4, -0.2) is 26.2 Å². The molecule has 1 saturated heterocycles. The third-order valence-corrected chi connectivity index (χ3v) is 2.60. The zero-order chi connectivity index (χ0) is 10.1. The topological polar surface area (TPSA) is 15.3 Å². The summed E-state index contributed by atoms with van der Waals surface area (Å²) >= 11 is 0. The number of anilines is 1. The second-order valence-corrected chi connectivity index (χ2v) is 3.52. The summed E-state index contributed by atoms with van der Waals surface area (Å²) in [7, 11) is 1.78. The summed E-state index contributed by atoms with van der Waals surface area (Å²) in [5, 5.41) is 3.09. The van der Waals surface area contributed by atoms with Crippen LogP contribution in [0.5, 0.6) is 0 Å². The molecule has 76 valence electrons. The Labute approximate surface area is 81.5 Å². The van der Waals surface area contributed by atoms with Crippen LogP contribution in [0.15, 0.2) is 18.2 Å². The van der Waals surface area contributed by atoms with Crippen LogP contribution in [0.25, 0.3) is 0 Å². The molecule has 0 aliphatic carbocycles. The van der Waals surface area contributed by atoms with Gasteiger partial charge in [-0.25, -0.2) is 8.78 Å². The molecule has 1 heterocycles. The third kappa shape index (κ3) is 1.57. The molecule has 0 saturated carbocycles. The average Bonchev–Trinajstić information content (AvgIpc) is 2.06. The predicted octanol–water partition coefficient (Wildman–Crippen LogP) is 1.37. The van der Waals surface area contributed by atoms with Crippen molar-refractivity contribution in [2.45, 2.75) is 6.04 Å². The standard InChI is InChI=1S/C10H12F2N2/c1-14(8-5-13-6-8)10-4-7(11)2-3-9(10)12/h2-4,8,13H,5-6H2,1H3. The summed E-state index contributed by atoms with van der Waals surface area (Å²) in [5.41, 5.74) is 0.330. The number of nitrogens with one attached hydrogen (secondary N) is 1. The van der Waals surface area contributed by atoms with Crippen LogP contribution in [-0.2, 0) is 0 Å². The SMILES string of the molecule is CN(c1cc(F)ccc1F)C1CNC1. The maximum absolute atomic E-state index is 13.3. The summed E-state index contributed by atoms with van der Waals surface area (Å²) < 4.78 is 26.2. The highest BCUT2D eigenvalue weighted by Crippen LogP contribution is 2.22. The van der Waals surface area contributed by atoms with Crippen molar-refractivity contribution in [1.82, 2.24) is 5.32 Å². The fourth-order valence-corrected chi connectivity index (χ4v) is 1.50. The van der Waals surface area contributed by atoms with Gasteiger partial charge in [-0.2, -0.15) is 0 Å². The quantitative estimate of drug-likeness (QED) is 0.772. The van der Waals surface area contributed by atoms with Gasteiger partial charge >= 0.3 is 0 Å². The maximum Gasteiger partial charge on any atom is 0.146 e. The fraction of sp³-hybridized carbons (Fsp3) is 0.400. The van der Waals surface area contributed by atoms with E-state index in [0.717, 1.165) is 25.2 Å². The lowest BCUT2D eigenvalue weighted by Gasteiger charge is -2.37. The average molecular weight is 198 g/mol. The zero-order valence-corrected chi connectivity index (χ0v) is 7.93. The van der Waals surface area contributed by atoms with Crippen LogP contribution in [0.3, 0.4) is 0 Å². The van der Waals surface area contributed by atoms with Gasteiger partial charge in [-0.1, -0.05) is 0 Å². The Balaban J connectivity index is 2.24. The first-order chi connectivity index (χ1) is 6.68. The second-order valence-electron chi connectivity index (χ2n) is 3.52. The van der Waals surface area contributed by atoms with Crippen LogP contribution in [0.2, 0.25) is 0 Å². The molecule has 1 N–H and O–H groups in total. The molecule has 14 heavy (non-hydrogen) atoms. The van der Waals surface area contributed by atoms with E-state index in [1.54, 1.807) is 11.9 Å². The van der Waals surface area contributed by atoms with E-state index in [1.807, 2.05) is 0 Å². The lowest BCUT2D eigenvalue weighted by Crippen LogP contribution is -2.56. The molecule has 0 bridgehead atoms. The fourth-order valence-electron chi connectivity index (χ4n) is 1.50. The minimum atomic E-state index is -0.402. The largest absolute Gasteiger partial charge is 0.367 e. The van der Waals surface area contributed by atoms with Gasteiger partial charge in [0.25, 0.3) is 0 Å². The first-order valence-corrected chi connectivity index (χ1v) is 4.57. The number of rotatable bonds is 2. The van der Waals surface area contributed by atoms with Gasteiger partial charge in [0.2, 0.25) is 0 Å². The molecule has 0 aromatic heterocycles. The highest BCUT2D eigenvalue weighted by atomic mass is 19.1. The summed E-state index contributed by atoms with van der Waals surface area (Å²) in [6.07, 6.45) is 0. The second kappa shape index (κ2) is 3.53. The van der Waals surface area contributed by atoms with Crippen molar-refractivity contribution in [3.63, 3.8) is 0 Å². The molecule has 0 spiro atoms. The van der Waals surface area contributed by atoms with Gasteiger partial charge in [0, 0.05) is 26.2 Å². The van der Waals surface area contributed by atoms with E-state index in [4.69, 9.17) is 0 Å². The number of halogens is 2. The van der Waals surface area contributed by atoms with E-state index in [0.29, 0.717) is 5.69 Å². The molecule has 4 heteroatoms. The molecule has 2 rings (SSSR count). The van der Waals surface area contributed by atoms with Gasteiger partial charge in [-0.3, -0.25) is 0 Å². The number of hydrogen-bond donors (Lipinski definition) is 1. The Bertz CT molecular complexity index is 337. The van der Waals surface area contributed by atoms with Crippen LogP contribution in [0, 0.1) is 11.6 Å². The van der Waals surface area contributed by atoms with E-state index < -0.39 is 5.82 Å². The van der Waals surface area contributed by atoms with E-state index in [9.17, 15) is 8.78 Å². The van der Waals surface area contributed by atoms with E-state index in [2.05, 4.69) is 5.32 Å². The minimum absolute atomic E-state index is 0.270. The molecule has 1 aromatic rings. The van der Waals surface area contributed by atoms with Crippen LogP contribution in [0.1, 0.15) is 0 Å². The third-order valence-electron chi connectivity index (χ3n) is 2.60. The lowest BCUT2D eigenvalue weighted by atomic mass is 10.1. The first-order valence-electron chi connectivity index (χ1n) is 4.57. The molecule has 1 aromatic carbocycles. The Hall–Kier alpha value is -1.16. The summed E-state index contributed by atoms with van der Waals surface area (Å²) in [6, 6.07) is 3.79. The number of benzene rings is 1. The monoisotopic (exact) mass is 198 g/mol. The minimum Gasteiger partial charge on any atom is -0.367 e. The van der Waals surface area contributed by atoms with Gasteiger partial charge in [0.05, 0.1) is 11.7 Å².